The SMILES string of the molecule is COc1cc(C=O)ccc1O.N.P. The minimum Gasteiger partial charge on any atom is -0.504 e. The van der Waals surface area contributed by atoms with Crippen molar-refractivity contribution in [3.63, 3.8) is 0 Å². The van der Waals surface area contributed by atoms with Crippen molar-refractivity contribution in [1.29, 1.82) is 0 Å². The molecule has 0 radical (unpaired) electrons. The molecule has 0 aromatic heterocycles. The first-order chi connectivity index (χ1) is 5.27. The van der Waals surface area contributed by atoms with Crippen molar-refractivity contribution >= 4 is 16.2 Å². The normalized spacial score (nSPS) is 7.77. The number of aldehydes is 1. The van der Waals surface area contributed by atoms with Crippen molar-refractivity contribution < 1.29 is 14.6 Å². The smallest absolute Gasteiger partial charge is 0.161 e. The second-order valence-corrected chi connectivity index (χ2v) is 2.05. The van der Waals surface area contributed by atoms with Crippen LogP contribution in [0.2, 0.25) is 0 Å². The number of ether oxygens (including phenoxy) is 1. The maximum atomic E-state index is 10.2. The van der Waals surface area contributed by atoms with E-state index >= 15 is 0 Å². The van der Waals surface area contributed by atoms with Crippen LogP contribution in [0.1, 0.15) is 10.4 Å². The quantitative estimate of drug-likeness (QED) is 0.562. The lowest BCUT2D eigenvalue weighted by Gasteiger charge is -2.01. The van der Waals surface area contributed by atoms with Crippen LogP contribution in [0.4, 0.5) is 0 Å². The lowest BCUT2D eigenvalue weighted by molar-refractivity contribution is 0.112. The van der Waals surface area contributed by atoms with E-state index in [1.54, 1.807) is 0 Å². The molecule has 1 rings (SSSR count). The van der Waals surface area contributed by atoms with Gasteiger partial charge in [-0.3, -0.25) is 4.79 Å². The third kappa shape index (κ3) is 3.40. The molecule has 0 amide bonds. The van der Waals surface area contributed by atoms with E-state index in [1.165, 1.54) is 25.3 Å². The van der Waals surface area contributed by atoms with E-state index in [0.717, 1.165) is 0 Å². The molecule has 0 fully saturated rings. The molecule has 0 aliphatic heterocycles. The van der Waals surface area contributed by atoms with Gasteiger partial charge in [0.25, 0.3) is 0 Å². The summed E-state index contributed by atoms with van der Waals surface area (Å²) in [5.41, 5.74) is 0.486. The number of carbonyl (C=O) groups excluding carboxylic acids is 1. The fourth-order valence-electron chi connectivity index (χ4n) is 0.768. The number of phenols is 1. The van der Waals surface area contributed by atoms with Crippen LogP contribution in [0.3, 0.4) is 0 Å². The Morgan fingerprint density at radius 3 is 2.54 bits per heavy atom. The molecule has 13 heavy (non-hydrogen) atoms. The van der Waals surface area contributed by atoms with Crippen molar-refractivity contribution in [2.45, 2.75) is 0 Å². The first kappa shape index (κ1) is 14.4. The van der Waals surface area contributed by atoms with Gasteiger partial charge in [-0.05, 0) is 18.2 Å². The summed E-state index contributed by atoms with van der Waals surface area (Å²) in [4.78, 5) is 10.2. The average molecular weight is 203 g/mol. The van der Waals surface area contributed by atoms with Gasteiger partial charge in [0.2, 0.25) is 0 Å². The molecule has 0 saturated heterocycles. The van der Waals surface area contributed by atoms with Crippen molar-refractivity contribution in [2.24, 2.45) is 0 Å². The molecule has 0 bridgehead atoms. The zero-order valence-electron chi connectivity index (χ0n) is 7.49. The highest BCUT2D eigenvalue weighted by atomic mass is 31.0. The van der Waals surface area contributed by atoms with Gasteiger partial charge in [-0.1, -0.05) is 0 Å². The Bertz CT molecular complexity index is 278. The third-order valence-electron chi connectivity index (χ3n) is 1.34. The zero-order valence-corrected chi connectivity index (χ0v) is 8.90. The van der Waals surface area contributed by atoms with E-state index in [9.17, 15) is 4.79 Å². The highest BCUT2D eigenvalue weighted by molar-refractivity contribution is 6.92. The molecular weight excluding hydrogens is 189 g/mol. The monoisotopic (exact) mass is 203 g/mol. The molecule has 0 saturated carbocycles. The van der Waals surface area contributed by atoms with E-state index in [-0.39, 0.29) is 21.8 Å². The van der Waals surface area contributed by atoms with Crippen LogP contribution in [-0.2, 0) is 0 Å². The van der Waals surface area contributed by atoms with E-state index < -0.39 is 0 Å². The summed E-state index contributed by atoms with van der Waals surface area (Å²) in [6.45, 7) is 0. The molecule has 0 aliphatic carbocycles. The second-order valence-electron chi connectivity index (χ2n) is 2.05. The fraction of sp³-hybridized carbons (Fsp3) is 0.125. The van der Waals surface area contributed by atoms with Gasteiger partial charge in [0, 0.05) is 5.56 Å². The van der Waals surface area contributed by atoms with Crippen molar-refractivity contribution in [2.75, 3.05) is 7.11 Å². The Hall–Kier alpha value is -1.12. The summed E-state index contributed by atoms with van der Waals surface area (Å²) in [6, 6.07) is 4.41. The lowest BCUT2D eigenvalue weighted by atomic mass is 10.2. The molecule has 4 N–H and O–H groups in total. The van der Waals surface area contributed by atoms with Crippen LogP contribution >= 0.6 is 9.90 Å². The van der Waals surface area contributed by atoms with Gasteiger partial charge in [-0.25, -0.2) is 0 Å². The minimum absolute atomic E-state index is 0. The van der Waals surface area contributed by atoms with E-state index in [1.807, 2.05) is 0 Å². The maximum Gasteiger partial charge on any atom is 0.161 e. The number of carbonyl (C=O) groups is 1. The minimum atomic E-state index is 0. The molecule has 4 nitrogen and oxygen atoms in total. The van der Waals surface area contributed by atoms with Crippen LogP contribution in [0.25, 0.3) is 0 Å². The second kappa shape index (κ2) is 6.40. The first-order valence-corrected chi connectivity index (χ1v) is 3.10. The number of hydrogen-bond acceptors (Lipinski definition) is 4. The van der Waals surface area contributed by atoms with E-state index in [2.05, 4.69) is 0 Å². The van der Waals surface area contributed by atoms with Gasteiger partial charge in [-0.15, -0.1) is 0 Å². The molecule has 5 heteroatoms. The van der Waals surface area contributed by atoms with Gasteiger partial charge in [0.15, 0.2) is 11.5 Å². The molecule has 0 aliphatic rings. The summed E-state index contributed by atoms with van der Waals surface area (Å²) in [7, 11) is 1.43. The summed E-state index contributed by atoms with van der Waals surface area (Å²) in [6.07, 6.45) is 0.696. The Morgan fingerprint density at radius 1 is 1.46 bits per heavy atom. The number of phenolic OH excluding ortho intramolecular Hbond substituents is 1. The Balaban J connectivity index is 0. The van der Waals surface area contributed by atoms with Crippen molar-refractivity contribution in [1.82, 2.24) is 6.15 Å². The topological polar surface area (TPSA) is 81.5 Å². The Labute approximate surface area is 80.1 Å². The summed E-state index contributed by atoms with van der Waals surface area (Å²) >= 11 is 0. The average Bonchev–Trinajstić information content (AvgIpc) is 2.05. The van der Waals surface area contributed by atoms with Crippen molar-refractivity contribution in [3.8, 4) is 11.5 Å². The predicted molar refractivity (Wildman–Crippen MR) is 56.2 cm³/mol. The number of hydrogen-bond donors (Lipinski definition) is 2. The fourth-order valence-corrected chi connectivity index (χ4v) is 0.768. The van der Waals surface area contributed by atoms with Gasteiger partial charge in [0.05, 0.1) is 7.11 Å². The molecule has 1 aromatic rings. The molecule has 0 heterocycles. The Kier molecular flexibility index (Phi) is 7.09. The highest BCUT2D eigenvalue weighted by Gasteiger charge is 2.00. The molecule has 0 spiro atoms. The lowest BCUT2D eigenvalue weighted by Crippen LogP contribution is -1.85. The molecule has 1 atom stereocenters. The molecule has 1 unspecified atom stereocenters. The van der Waals surface area contributed by atoms with Gasteiger partial charge in [-0.2, -0.15) is 9.90 Å². The maximum absolute atomic E-state index is 10.2. The molecule has 74 valence electrons. The zero-order chi connectivity index (χ0) is 8.27. The van der Waals surface area contributed by atoms with Crippen LogP contribution in [-0.4, -0.2) is 18.5 Å². The predicted octanol–water partition coefficient (Wildman–Crippen LogP) is 1.43. The number of methoxy groups -OCH3 is 1. The van der Waals surface area contributed by atoms with E-state index in [0.29, 0.717) is 17.6 Å². The number of rotatable bonds is 2. The summed E-state index contributed by atoms with van der Waals surface area (Å²) < 4.78 is 4.78. The first-order valence-electron chi connectivity index (χ1n) is 3.10. The standard InChI is InChI=1S/C8H8O3.H3N.H3P/c1-11-8-4-6(5-9)2-3-7(8)10;;/h2-5,10H,1H3;2*1H3. The summed E-state index contributed by atoms with van der Waals surface area (Å²) in [5.74, 6) is 0.354. The number of benzene rings is 1. The molecule has 1 aromatic carbocycles. The van der Waals surface area contributed by atoms with Crippen LogP contribution in [0, 0.1) is 0 Å². The highest BCUT2D eigenvalue weighted by Crippen LogP contribution is 2.25. The van der Waals surface area contributed by atoms with Crippen LogP contribution < -0.4 is 10.9 Å². The van der Waals surface area contributed by atoms with Crippen LogP contribution in [0.5, 0.6) is 11.5 Å². The largest absolute Gasteiger partial charge is 0.504 e. The summed E-state index contributed by atoms with van der Waals surface area (Å²) in [5, 5.41) is 9.09. The van der Waals surface area contributed by atoms with Gasteiger partial charge < -0.3 is 16.0 Å². The van der Waals surface area contributed by atoms with Gasteiger partial charge >= 0.3 is 0 Å². The van der Waals surface area contributed by atoms with Crippen LogP contribution in [0.15, 0.2) is 18.2 Å². The van der Waals surface area contributed by atoms with E-state index in [4.69, 9.17) is 9.84 Å². The van der Waals surface area contributed by atoms with Gasteiger partial charge in [0.1, 0.15) is 6.29 Å². The Morgan fingerprint density at radius 2 is 2.08 bits per heavy atom. The number of aromatic hydroxyl groups is 1. The van der Waals surface area contributed by atoms with Crippen molar-refractivity contribution in [3.05, 3.63) is 23.8 Å². The molecular formula is C8H14NO3P. The third-order valence-corrected chi connectivity index (χ3v) is 1.34.